The van der Waals surface area contributed by atoms with E-state index in [0.717, 1.165) is 28.1 Å². The number of carboxylic acids is 1. The highest BCUT2D eigenvalue weighted by Crippen LogP contribution is 2.44. The van der Waals surface area contributed by atoms with Crippen LogP contribution in [0.5, 0.6) is 0 Å². The van der Waals surface area contributed by atoms with Gasteiger partial charge in [-0.3, -0.25) is 4.79 Å². The topological polar surface area (TPSA) is 93.4 Å². The third kappa shape index (κ3) is 3.66. The van der Waals surface area contributed by atoms with Gasteiger partial charge in [-0.1, -0.05) is 48.5 Å². The van der Waals surface area contributed by atoms with Gasteiger partial charge in [-0.15, -0.1) is 0 Å². The van der Waals surface area contributed by atoms with Crippen molar-refractivity contribution in [2.45, 2.75) is 25.3 Å². The lowest BCUT2D eigenvalue weighted by Gasteiger charge is -2.19. The Balaban J connectivity index is 1.49. The van der Waals surface area contributed by atoms with E-state index in [1.54, 1.807) is 17.8 Å². The Morgan fingerprint density at radius 3 is 2.27 bits per heavy atom. The number of nitrogens with one attached hydrogen (secondary N) is 1. The van der Waals surface area contributed by atoms with Crippen LogP contribution in [0, 0.1) is 6.92 Å². The number of benzene rings is 2. The van der Waals surface area contributed by atoms with Crippen LogP contribution in [-0.4, -0.2) is 33.3 Å². The van der Waals surface area contributed by atoms with Gasteiger partial charge in [0.1, 0.15) is 12.4 Å². The molecule has 1 atom stereocenters. The van der Waals surface area contributed by atoms with Gasteiger partial charge in [0, 0.05) is 13.0 Å². The number of hydrogen-bond donors (Lipinski definition) is 2. The number of aliphatic carboxylic acids is 1. The summed E-state index contributed by atoms with van der Waals surface area (Å²) in [6.07, 6.45) is 0.664. The van der Waals surface area contributed by atoms with E-state index in [-0.39, 0.29) is 18.9 Å². The summed E-state index contributed by atoms with van der Waals surface area (Å²) in [5.74, 6) is -0.340. The number of carbonyl (C=O) groups excluding carboxylic acids is 1. The van der Waals surface area contributed by atoms with Crippen LogP contribution in [0.4, 0.5) is 4.79 Å². The van der Waals surface area contributed by atoms with E-state index < -0.39 is 18.1 Å². The summed E-state index contributed by atoms with van der Waals surface area (Å²) in [4.78, 5) is 28.0. The molecule has 0 saturated carbocycles. The molecule has 1 heterocycles. The number of carbonyl (C=O) groups is 2. The molecule has 7 nitrogen and oxygen atoms in total. The number of aryl methyl sites for hydroxylation is 1. The lowest BCUT2D eigenvalue weighted by atomic mass is 9.98. The normalized spacial score (nSPS) is 13.4. The molecule has 1 aliphatic carbocycles. The zero-order chi connectivity index (χ0) is 21.3. The van der Waals surface area contributed by atoms with Gasteiger partial charge in [0.25, 0.3) is 0 Å². The largest absolute Gasteiger partial charge is 0.481 e. The Kier molecular flexibility index (Phi) is 5.27. The molecular weight excluding hydrogens is 382 g/mol. The number of amides is 1. The smallest absolute Gasteiger partial charge is 0.407 e. The first kappa shape index (κ1) is 19.7. The molecule has 3 aromatic rings. The van der Waals surface area contributed by atoms with E-state index in [9.17, 15) is 14.7 Å². The summed E-state index contributed by atoms with van der Waals surface area (Å²) in [7, 11) is 1.78. The van der Waals surface area contributed by atoms with Crippen LogP contribution in [0.1, 0.15) is 41.0 Å². The molecule has 30 heavy (non-hydrogen) atoms. The minimum atomic E-state index is -1.02. The first-order valence-corrected chi connectivity index (χ1v) is 9.77. The molecule has 0 aliphatic heterocycles. The van der Waals surface area contributed by atoms with E-state index in [4.69, 9.17) is 4.74 Å². The molecule has 0 radical (unpaired) electrons. The molecular formula is C23H23N3O4. The number of nitrogens with zero attached hydrogens (tertiary/aromatic N) is 2. The fourth-order valence-corrected chi connectivity index (χ4v) is 4.03. The van der Waals surface area contributed by atoms with Crippen LogP contribution >= 0.6 is 0 Å². The third-order valence-electron chi connectivity index (χ3n) is 5.63. The van der Waals surface area contributed by atoms with Crippen LogP contribution in [-0.2, 0) is 16.6 Å². The van der Waals surface area contributed by atoms with Crippen molar-refractivity contribution in [3.05, 3.63) is 77.4 Å². The number of fused-ring (bicyclic) bond motifs is 3. The first-order chi connectivity index (χ1) is 14.5. The number of rotatable bonds is 6. The summed E-state index contributed by atoms with van der Waals surface area (Å²) in [6.45, 7) is 1.98. The van der Waals surface area contributed by atoms with Crippen molar-refractivity contribution in [1.29, 1.82) is 0 Å². The number of carboxylic acid groups (broad SMARTS) is 1. The maximum absolute atomic E-state index is 12.6. The van der Waals surface area contributed by atoms with Crippen LogP contribution in [0.25, 0.3) is 11.1 Å². The molecule has 1 aliphatic rings. The van der Waals surface area contributed by atoms with Crippen molar-refractivity contribution in [3.63, 3.8) is 0 Å². The zero-order valence-electron chi connectivity index (χ0n) is 16.8. The summed E-state index contributed by atoms with van der Waals surface area (Å²) in [6, 6.07) is 15.5. The molecule has 2 aromatic carbocycles. The number of imidazole rings is 1. The van der Waals surface area contributed by atoms with E-state index in [2.05, 4.69) is 22.4 Å². The predicted octanol–water partition coefficient (Wildman–Crippen LogP) is 3.78. The van der Waals surface area contributed by atoms with E-state index in [0.29, 0.717) is 5.69 Å². The molecule has 7 heteroatoms. The Bertz CT molecular complexity index is 1060. The first-order valence-electron chi connectivity index (χ1n) is 9.77. The van der Waals surface area contributed by atoms with Crippen molar-refractivity contribution in [2.24, 2.45) is 7.05 Å². The minimum Gasteiger partial charge on any atom is -0.481 e. The highest BCUT2D eigenvalue weighted by atomic mass is 16.5. The highest BCUT2D eigenvalue weighted by Gasteiger charge is 2.29. The Morgan fingerprint density at radius 2 is 1.73 bits per heavy atom. The summed E-state index contributed by atoms with van der Waals surface area (Å²) >= 11 is 0. The molecule has 4 rings (SSSR count). The highest BCUT2D eigenvalue weighted by molar-refractivity contribution is 5.79. The summed E-state index contributed by atoms with van der Waals surface area (Å²) in [5, 5.41) is 11.9. The van der Waals surface area contributed by atoms with Gasteiger partial charge in [0.15, 0.2) is 0 Å². The second-order valence-corrected chi connectivity index (χ2v) is 7.41. The third-order valence-corrected chi connectivity index (χ3v) is 5.63. The van der Waals surface area contributed by atoms with Gasteiger partial charge in [-0.05, 0) is 29.2 Å². The Morgan fingerprint density at radius 1 is 1.13 bits per heavy atom. The van der Waals surface area contributed by atoms with E-state index >= 15 is 0 Å². The lowest BCUT2D eigenvalue weighted by Crippen LogP contribution is -2.32. The quantitative estimate of drug-likeness (QED) is 0.651. The molecule has 1 aromatic heterocycles. The standard InChI is InChI=1S/C23H23N3O4/c1-14-24-12-21(26(14)2)20(11-22(27)28)25-23(29)30-13-19-17-9-5-3-7-15(17)16-8-4-6-10-18(16)19/h3-10,12,19-20H,11,13H2,1-2H3,(H,25,29)(H,27,28)/t20-/m0/s1. The Hall–Kier alpha value is -3.61. The average Bonchev–Trinajstić information content (AvgIpc) is 3.23. The molecule has 0 saturated heterocycles. The van der Waals surface area contributed by atoms with Crippen molar-refractivity contribution >= 4 is 12.1 Å². The van der Waals surface area contributed by atoms with E-state index in [1.807, 2.05) is 43.3 Å². The lowest BCUT2D eigenvalue weighted by molar-refractivity contribution is -0.137. The van der Waals surface area contributed by atoms with Crippen molar-refractivity contribution in [3.8, 4) is 11.1 Å². The fourth-order valence-electron chi connectivity index (χ4n) is 4.03. The van der Waals surface area contributed by atoms with Gasteiger partial charge in [-0.25, -0.2) is 9.78 Å². The van der Waals surface area contributed by atoms with Crippen molar-refractivity contribution in [1.82, 2.24) is 14.9 Å². The molecule has 154 valence electrons. The SMILES string of the molecule is Cc1ncc([C@H](CC(=O)O)NC(=O)OCC2c3ccccc3-c3ccccc32)n1C. The van der Waals surface area contributed by atoms with Crippen LogP contribution in [0.2, 0.25) is 0 Å². The van der Waals surface area contributed by atoms with Gasteiger partial charge < -0.3 is 19.7 Å². The summed E-state index contributed by atoms with van der Waals surface area (Å²) < 4.78 is 7.31. The van der Waals surface area contributed by atoms with Crippen LogP contribution in [0.15, 0.2) is 54.7 Å². The second kappa shape index (κ2) is 8.02. The van der Waals surface area contributed by atoms with E-state index in [1.165, 1.54) is 0 Å². The van der Waals surface area contributed by atoms with Crippen molar-refractivity contribution in [2.75, 3.05) is 6.61 Å². The number of alkyl carbamates (subject to hydrolysis) is 1. The molecule has 2 N–H and O–H groups in total. The molecule has 0 bridgehead atoms. The molecule has 1 amide bonds. The van der Waals surface area contributed by atoms with Crippen molar-refractivity contribution < 1.29 is 19.4 Å². The maximum atomic E-state index is 12.6. The van der Waals surface area contributed by atoms with Crippen LogP contribution < -0.4 is 5.32 Å². The average molecular weight is 405 g/mol. The van der Waals surface area contributed by atoms with Gasteiger partial charge >= 0.3 is 12.1 Å². The number of aromatic nitrogens is 2. The maximum Gasteiger partial charge on any atom is 0.407 e. The van der Waals surface area contributed by atoms with Gasteiger partial charge in [0.05, 0.1) is 24.4 Å². The summed E-state index contributed by atoms with van der Waals surface area (Å²) in [5.41, 5.74) is 5.16. The van der Waals surface area contributed by atoms with Gasteiger partial charge in [0.2, 0.25) is 0 Å². The van der Waals surface area contributed by atoms with Crippen LogP contribution in [0.3, 0.4) is 0 Å². The molecule has 0 unspecified atom stereocenters. The minimum absolute atomic E-state index is 0.0555. The molecule has 0 spiro atoms. The van der Waals surface area contributed by atoms with Gasteiger partial charge in [-0.2, -0.15) is 0 Å². The monoisotopic (exact) mass is 405 g/mol. The predicted molar refractivity (Wildman–Crippen MR) is 111 cm³/mol. The molecule has 0 fully saturated rings. The Labute approximate surface area is 174 Å². The second-order valence-electron chi connectivity index (χ2n) is 7.41. The number of ether oxygens (including phenoxy) is 1. The zero-order valence-corrected chi connectivity index (χ0v) is 16.8. The number of hydrogen-bond acceptors (Lipinski definition) is 4. The fraction of sp³-hybridized carbons (Fsp3) is 0.261.